The molecule has 5 heteroatoms. The number of ether oxygens (including phenoxy) is 1. The van der Waals surface area contributed by atoms with Gasteiger partial charge in [0.2, 0.25) is 0 Å². The van der Waals surface area contributed by atoms with E-state index < -0.39 is 0 Å². The summed E-state index contributed by atoms with van der Waals surface area (Å²) in [7, 11) is 1.68. The Hall–Kier alpha value is -2.40. The van der Waals surface area contributed by atoms with Crippen LogP contribution in [-0.2, 0) is 4.74 Å². The molecule has 23 heavy (non-hydrogen) atoms. The maximum absolute atomic E-state index is 12.4. The number of benzene rings is 1. The van der Waals surface area contributed by atoms with E-state index in [0.29, 0.717) is 12.2 Å². The summed E-state index contributed by atoms with van der Waals surface area (Å²) in [6.45, 7) is 3.45. The highest BCUT2D eigenvalue weighted by Crippen LogP contribution is 2.13. The topological polar surface area (TPSA) is 63.2 Å². The van der Waals surface area contributed by atoms with Gasteiger partial charge in [-0.3, -0.25) is 9.78 Å². The summed E-state index contributed by atoms with van der Waals surface area (Å²) < 4.78 is 5.01. The Bertz CT molecular complexity index is 617. The van der Waals surface area contributed by atoms with E-state index in [1.54, 1.807) is 19.5 Å². The Morgan fingerprint density at radius 2 is 2.04 bits per heavy atom. The van der Waals surface area contributed by atoms with E-state index in [1.165, 1.54) is 0 Å². The van der Waals surface area contributed by atoms with Crippen LogP contribution in [0.2, 0.25) is 0 Å². The highest BCUT2D eigenvalue weighted by atomic mass is 16.5. The summed E-state index contributed by atoms with van der Waals surface area (Å²) >= 11 is 0. The van der Waals surface area contributed by atoms with Gasteiger partial charge in [-0.05, 0) is 25.0 Å². The molecule has 0 aliphatic heterocycles. The summed E-state index contributed by atoms with van der Waals surface area (Å²) in [5.41, 5.74) is 2.45. The second-order valence-electron chi connectivity index (χ2n) is 5.34. The molecule has 2 N–H and O–H groups in total. The zero-order valence-corrected chi connectivity index (χ0v) is 13.6. The van der Waals surface area contributed by atoms with E-state index in [9.17, 15) is 4.79 Å². The van der Waals surface area contributed by atoms with Crippen molar-refractivity contribution in [2.75, 3.05) is 25.6 Å². The first kappa shape index (κ1) is 17.0. The van der Waals surface area contributed by atoms with E-state index in [4.69, 9.17) is 4.74 Å². The van der Waals surface area contributed by atoms with Crippen molar-refractivity contribution in [2.24, 2.45) is 0 Å². The van der Waals surface area contributed by atoms with Gasteiger partial charge in [0, 0.05) is 32.7 Å². The summed E-state index contributed by atoms with van der Waals surface area (Å²) in [6, 6.07) is 11.6. The molecule has 122 valence electrons. The fraction of sp³-hybridized carbons (Fsp3) is 0.333. The fourth-order valence-corrected chi connectivity index (χ4v) is 2.22. The lowest BCUT2D eigenvalue weighted by Gasteiger charge is -2.14. The molecule has 2 aromatic rings. The van der Waals surface area contributed by atoms with Gasteiger partial charge in [-0.15, -0.1) is 0 Å². The number of hydrogen-bond acceptors (Lipinski definition) is 4. The number of pyridine rings is 1. The molecular weight excluding hydrogens is 290 g/mol. The number of rotatable bonds is 8. The first-order valence-corrected chi connectivity index (χ1v) is 7.74. The van der Waals surface area contributed by atoms with Crippen LogP contribution in [0.3, 0.4) is 0 Å². The minimum absolute atomic E-state index is 0.0537. The zero-order valence-electron chi connectivity index (χ0n) is 13.6. The smallest absolute Gasteiger partial charge is 0.253 e. The van der Waals surface area contributed by atoms with Crippen LogP contribution in [0.4, 0.5) is 5.69 Å². The molecule has 1 atom stereocenters. The molecule has 0 aliphatic rings. The second kappa shape index (κ2) is 8.90. The van der Waals surface area contributed by atoms with E-state index >= 15 is 0 Å². The lowest BCUT2D eigenvalue weighted by molar-refractivity contribution is 0.0939. The zero-order chi connectivity index (χ0) is 16.5. The quantitative estimate of drug-likeness (QED) is 0.735. The molecule has 0 aliphatic carbocycles. The summed E-state index contributed by atoms with van der Waals surface area (Å²) in [5, 5.41) is 6.23. The monoisotopic (exact) mass is 313 g/mol. The highest BCUT2D eigenvalue weighted by molar-refractivity contribution is 5.94. The predicted molar refractivity (Wildman–Crippen MR) is 91.5 cm³/mol. The third-order valence-corrected chi connectivity index (χ3v) is 3.50. The molecular formula is C18H23N3O2. The van der Waals surface area contributed by atoms with Gasteiger partial charge < -0.3 is 15.4 Å². The number of nitrogens with zero attached hydrogens (tertiary/aromatic N) is 1. The van der Waals surface area contributed by atoms with Gasteiger partial charge in [0.15, 0.2) is 0 Å². The van der Waals surface area contributed by atoms with Crippen LogP contribution in [-0.4, -0.2) is 31.2 Å². The molecule has 1 unspecified atom stereocenters. The molecule has 1 aromatic carbocycles. The standard InChI is InChI=1S/C18H23N3O2/c1-14(15-7-4-3-5-8-15)21-18(22)16-11-17(13-19-12-16)20-9-6-10-23-2/h3-5,7-8,11-14,20H,6,9-10H2,1-2H3,(H,21,22). The lowest BCUT2D eigenvalue weighted by Crippen LogP contribution is -2.26. The third-order valence-electron chi connectivity index (χ3n) is 3.50. The first-order chi connectivity index (χ1) is 11.2. The minimum atomic E-state index is -0.130. The second-order valence-corrected chi connectivity index (χ2v) is 5.34. The third kappa shape index (κ3) is 5.38. The highest BCUT2D eigenvalue weighted by Gasteiger charge is 2.12. The SMILES string of the molecule is COCCCNc1cncc(C(=O)NC(C)c2ccccc2)c1. The molecule has 1 amide bonds. The van der Waals surface area contributed by atoms with Crippen LogP contribution < -0.4 is 10.6 Å². The van der Waals surface area contributed by atoms with Crippen LogP contribution in [0, 0.1) is 0 Å². The maximum atomic E-state index is 12.4. The van der Waals surface area contributed by atoms with Gasteiger partial charge in [0.1, 0.15) is 0 Å². The molecule has 0 spiro atoms. The van der Waals surface area contributed by atoms with E-state index in [0.717, 1.165) is 24.2 Å². The Morgan fingerprint density at radius 1 is 1.26 bits per heavy atom. The van der Waals surface area contributed by atoms with Crippen LogP contribution >= 0.6 is 0 Å². The van der Waals surface area contributed by atoms with Crippen molar-refractivity contribution in [1.29, 1.82) is 0 Å². The number of aromatic nitrogens is 1. The Labute approximate surface area is 137 Å². The normalized spacial score (nSPS) is 11.7. The summed E-state index contributed by atoms with van der Waals surface area (Å²) in [6.07, 6.45) is 4.19. The van der Waals surface area contributed by atoms with Crippen molar-refractivity contribution in [3.8, 4) is 0 Å². The molecule has 1 aromatic heterocycles. The molecule has 0 saturated heterocycles. The van der Waals surface area contributed by atoms with Crippen molar-refractivity contribution < 1.29 is 9.53 Å². The van der Waals surface area contributed by atoms with Crippen molar-refractivity contribution >= 4 is 11.6 Å². The average molecular weight is 313 g/mol. The van der Waals surface area contributed by atoms with Crippen molar-refractivity contribution in [1.82, 2.24) is 10.3 Å². The average Bonchev–Trinajstić information content (AvgIpc) is 2.60. The van der Waals surface area contributed by atoms with Crippen LogP contribution in [0.25, 0.3) is 0 Å². The van der Waals surface area contributed by atoms with Crippen LogP contribution in [0.1, 0.15) is 35.3 Å². The number of hydrogen-bond donors (Lipinski definition) is 2. The van der Waals surface area contributed by atoms with Crippen molar-refractivity contribution in [3.05, 3.63) is 59.9 Å². The van der Waals surface area contributed by atoms with E-state index in [-0.39, 0.29) is 11.9 Å². The van der Waals surface area contributed by atoms with Gasteiger partial charge in [0.05, 0.1) is 17.3 Å². The largest absolute Gasteiger partial charge is 0.385 e. The number of carbonyl (C=O) groups is 1. The number of carbonyl (C=O) groups excluding carboxylic acids is 1. The van der Waals surface area contributed by atoms with E-state index in [2.05, 4.69) is 15.6 Å². The predicted octanol–water partition coefficient (Wildman–Crippen LogP) is 3.02. The molecule has 1 heterocycles. The number of nitrogens with one attached hydrogen (secondary N) is 2. The molecule has 2 rings (SSSR count). The molecule has 5 nitrogen and oxygen atoms in total. The Morgan fingerprint density at radius 3 is 2.78 bits per heavy atom. The summed E-state index contributed by atoms with van der Waals surface area (Å²) in [5.74, 6) is -0.130. The number of amides is 1. The van der Waals surface area contributed by atoms with Crippen LogP contribution in [0.5, 0.6) is 0 Å². The fourth-order valence-electron chi connectivity index (χ4n) is 2.22. The van der Waals surface area contributed by atoms with Crippen LogP contribution in [0.15, 0.2) is 48.8 Å². The van der Waals surface area contributed by atoms with Gasteiger partial charge in [-0.1, -0.05) is 30.3 Å². The van der Waals surface area contributed by atoms with Crippen molar-refractivity contribution in [2.45, 2.75) is 19.4 Å². The number of anilines is 1. The van der Waals surface area contributed by atoms with Gasteiger partial charge in [-0.25, -0.2) is 0 Å². The minimum Gasteiger partial charge on any atom is -0.385 e. The van der Waals surface area contributed by atoms with Crippen molar-refractivity contribution in [3.63, 3.8) is 0 Å². The van der Waals surface area contributed by atoms with Gasteiger partial charge >= 0.3 is 0 Å². The first-order valence-electron chi connectivity index (χ1n) is 7.74. The van der Waals surface area contributed by atoms with E-state index in [1.807, 2.05) is 43.3 Å². The molecule has 0 bridgehead atoms. The molecule has 0 radical (unpaired) electrons. The van der Waals surface area contributed by atoms with Gasteiger partial charge in [-0.2, -0.15) is 0 Å². The maximum Gasteiger partial charge on any atom is 0.253 e. The lowest BCUT2D eigenvalue weighted by atomic mass is 10.1. The molecule has 0 fully saturated rings. The summed E-state index contributed by atoms with van der Waals surface area (Å²) in [4.78, 5) is 16.5. The van der Waals surface area contributed by atoms with Gasteiger partial charge in [0.25, 0.3) is 5.91 Å². The Kier molecular flexibility index (Phi) is 6.56. The number of methoxy groups -OCH3 is 1. The Balaban J connectivity index is 1.94. The molecule has 0 saturated carbocycles.